The van der Waals surface area contributed by atoms with Gasteiger partial charge in [0, 0.05) is 40.6 Å². The van der Waals surface area contributed by atoms with Crippen LogP contribution in [0.5, 0.6) is 0 Å². The molecule has 3 nitrogen and oxygen atoms in total. The summed E-state index contributed by atoms with van der Waals surface area (Å²) in [6.07, 6.45) is 5.51. The van der Waals surface area contributed by atoms with Crippen LogP contribution in [0, 0.1) is 0 Å². The van der Waals surface area contributed by atoms with Gasteiger partial charge in [0.05, 0.1) is 16.7 Å². The second-order valence-electron chi connectivity index (χ2n) is 5.97. The van der Waals surface area contributed by atoms with Crippen LogP contribution >= 0.6 is 0 Å². The zero-order valence-corrected chi connectivity index (χ0v) is 13.5. The lowest BCUT2D eigenvalue weighted by atomic mass is 10.1. The first-order valence-electron chi connectivity index (χ1n) is 8.27. The highest BCUT2D eigenvalue weighted by Gasteiger charge is 2.16. The van der Waals surface area contributed by atoms with Gasteiger partial charge in [-0.15, -0.1) is 0 Å². The Balaban J connectivity index is 1.99. The van der Waals surface area contributed by atoms with E-state index in [9.17, 15) is 0 Å². The zero-order valence-electron chi connectivity index (χ0n) is 13.5. The standard InChI is InChI=1S/C22H15N3/c1-2-10-21-17(6-1)18-7-5-8-19(20-9-3-4-13-24-20)22(18)25(21)16-11-14-23-15-12-16/h1-15H. The van der Waals surface area contributed by atoms with Gasteiger partial charge in [-0.2, -0.15) is 0 Å². The summed E-state index contributed by atoms with van der Waals surface area (Å²) in [7, 11) is 0. The van der Waals surface area contributed by atoms with Gasteiger partial charge in [-0.1, -0.05) is 42.5 Å². The molecule has 0 aliphatic heterocycles. The predicted molar refractivity (Wildman–Crippen MR) is 102 cm³/mol. The Kier molecular flexibility index (Phi) is 3.10. The van der Waals surface area contributed by atoms with Crippen LogP contribution in [0.15, 0.2) is 91.4 Å². The third-order valence-electron chi connectivity index (χ3n) is 4.56. The lowest BCUT2D eigenvalue weighted by Crippen LogP contribution is -1.96. The Hall–Kier alpha value is -3.46. The van der Waals surface area contributed by atoms with Gasteiger partial charge in [0.25, 0.3) is 0 Å². The Labute approximate surface area is 145 Å². The van der Waals surface area contributed by atoms with Crippen molar-refractivity contribution in [3.8, 4) is 16.9 Å². The number of benzene rings is 2. The molecule has 3 aromatic heterocycles. The number of hydrogen-bond donors (Lipinski definition) is 0. The summed E-state index contributed by atoms with van der Waals surface area (Å²) in [6.45, 7) is 0. The Morgan fingerprint density at radius 3 is 2.28 bits per heavy atom. The van der Waals surface area contributed by atoms with Crippen molar-refractivity contribution < 1.29 is 0 Å². The van der Waals surface area contributed by atoms with E-state index in [0.29, 0.717) is 0 Å². The monoisotopic (exact) mass is 321 g/mol. The summed E-state index contributed by atoms with van der Waals surface area (Å²) in [6, 6.07) is 25.1. The minimum absolute atomic E-state index is 0.978. The molecule has 0 unspecified atom stereocenters. The van der Waals surface area contributed by atoms with E-state index in [1.807, 2.05) is 42.9 Å². The Morgan fingerprint density at radius 1 is 0.640 bits per heavy atom. The molecule has 0 radical (unpaired) electrons. The molecule has 5 rings (SSSR count). The van der Waals surface area contributed by atoms with E-state index in [2.05, 4.69) is 63.1 Å². The molecule has 0 amide bonds. The van der Waals surface area contributed by atoms with Crippen molar-refractivity contribution in [2.75, 3.05) is 0 Å². The lowest BCUT2D eigenvalue weighted by Gasteiger charge is -2.10. The molecule has 0 saturated carbocycles. The molecule has 0 N–H and O–H groups in total. The molecule has 0 saturated heterocycles. The number of para-hydroxylation sites is 2. The summed E-state index contributed by atoms with van der Waals surface area (Å²) in [5, 5.41) is 2.47. The van der Waals surface area contributed by atoms with Gasteiger partial charge in [-0.3, -0.25) is 9.97 Å². The summed E-state index contributed by atoms with van der Waals surface area (Å²) in [4.78, 5) is 8.75. The highest BCUT2D eigenvalue weighted by atomic mass is 15.0. The first-order chi connectivity index (χ1) is 12.4. The van der Waals surface area contributed by atoms with E-state index in [1.54, 1.807) is 0 Å². The van der Waals surface area contributed by atoms with Crippen molar-refractivity contribution in [2.24, 2.45) is 0 Å². The molecule has 0 fully saturated rings. The van der Waals surface area contributed by atoms with Gasteiger partial charge < -0.3 is 4.57 Å². The molecule has 3 heterocycles. The molecule has 3 heteroatoms. The third kappa shape index (κ3) is 2.13. The minimum atomic E-state index is 0.978. The number of aromatic nitrogens is 3. The molecule has 25 heavy (non-hydrogen) atoms. The second-order valence-corrected chi connectivity index (χ2v) is 5.97. The van der Waals surface area contributed by atoms with E-state index in [0.717, 1.165) is 16.9 Å². The molecule has 5 aromatic rings. The molecule has 0 bridgehead atoms. The van der Waals surface area contributed by atoms with E-state index in [-0.39, 0.29) is 0 Å². The van der Waals surface area contributed by atoms with Crippen LogP contribution in [0.25, 0.3) is 38.8 Å². The maximum atomic E-state index is 4.58. The van der Waals surface area contributed by atoms with Gasteiger partial charge in [-0.05, 0) is 30.3 Å². The van der Waals surface area contributed by atoms with Crippen LogP contribution in [-0.2, 0) is 0 Å². The lowest BCUT2D eigenvalue weighted by molar-refractivity contribution is 1.15. The largest absolute Gasteiger partial charge is 0.308 e. The zero-order chi connectivity index (χ0) is 16.6. The quantitative estimate of drug-likeness (QED) is 0.445. The summed E-state index contributed by atoms with van der Waals surface area (Å²) in [5.41, 5.74) is 5.57. The van der Waals surface area contributed by atoms with Crippen molar-refractivity contribution in [1.29, 1.82) is 0 Å². The second kappa shape index (κ2) is 5.56. The van der Waals surface area contributed by atoms with Gasteiger partial charge >= 0.3 is 0 Å². The van der Waals surface area contributed by atoms with Crippen molar-refractivity contribution in [3.63, 3.8) is 0 Å². The molecular weight excluding hydrogens is 306 g/mol. The maximum absolute atomic E-state index is 4.58. The van der Waals surface area contributed by atoms with E-state index in [4.69, 9.17) is 0 Å². The van der Waals surface area contributed by atoms with Crippen molar-refractivity contribution in [2.45, 2.75) is 0 Å². The van der Waals surface area contributed by atoms with Gasteiger partial charge in [0.1, 0.15) is 0 Å². The van der Waals surface area contributed by atoms with Crippen LogP contribution in [0.3, 0.4) is 0 Å². The van der Waals surface area contributed by atoms with Gasteiger partial charge in [0.2, 0.25) is 0 Å². The number of nitrogens with zero attached hydrogens (tertiary/aromatic N) is 3. The number of rotatable bonds is 2. The topological polar surface area (TPSA) is 30.7 Å². The SMILES string of the molecule is c1ccc(-c2cccc3c4ccccc4n(-c4ccncc4)c23)nc1. The molecule has 118 valence electrons. The van der Waals surface area contributed by atoms with Gasteiger partial charge in [0.15, 0.2) is 0 Å². The molecule has 0 aliphatic rings. The Bertz CT molecular complexity index is 1180. The van der Waals surface area contributed by atoms with Crippen LogP contribution in [0.4, 0.5) is 0 Å². The average molecular weight is 321 g/mol. The third-order valence-corrected chi connectivity index (χ3v) is 4.56. The van der Waals surface area contributed by atoms with E-state index < -0.39 is 0 Å². The van der Waals surface area contributed by atoms with Gasteiger partial charge in [-0.25, -0.2) is 0 Å². The van der Waals surface area contributed by atoms with Crippen LogP contribution < -0.4 is 0 Å². The maximum Gasteiger partial charge on any atom is 0.0723 e. The first kappa shape index (κ1) is 13.9. The fourth-order valence-electron chi connectivity index (χ4n) is 3.51. The molecular formula is C22H15N3. The first-order valence-corrected chi connectivity index (χ1v) is 8.27. The highest BCUT2D eigenvalue weighted by Crippen LogP contribution is 2.37. The van der Waals surface area contributed by atoms with Crippen molar-refractivity contribution in [1.82, 2.24) is 14.5 Å². The summed E-state index contributed by atoms with van der Waals surface area (Å²) < 4.78 is 2.30. The fourth-order valence-corrected chi connectivity index (χ4v) is 3.51. The smallest absolute Gasteiger partial charge is 0.0723 e. The molecule has 0 atom stereocenters. The normalized spacial score (nSPS) is 11.2. The van der Waals surface area contributed by atoms with E-state index in [1.165, 1.54) is 21.8 Å². The highest BCUT2D eigenvalue weighted by molar-refractivity contribution is 6.13. The fraction of sp³-hybridized carbons (Fsp3) is 0. The van der Waals surface area contributed by atoms with Crippen LogP contribution in [-0.4, -0.2) is 14.5 Å². The number of hydrogen-bond acceptors (Lipinski definition) is 2. The minimum Gasteiger partial charge on any atom is -0.308 e. The molecule has 0 spiro atoms. The molecule has 0 aliphatic carbocycles. The Morgan fingerprint density at radius 2 is 1.44 bits per heavy atom. The summed E-state index contributed by atoms with van der Waals surface area (Å²) in [5.74, 6) is 0. The van der Waals surface area contributed by atoms with Crippen LogP contribution in [0.2, 0.25) is 0 Å². The predicted octanol–water partition coefficient (Wildman–Crippen LogP) is 5.24. The van der Waals surface area contributed by atoms with Crippen molar-refractivity contribution >= 4 is 21.8 Å². The van der Waals surface area contributed by atoms with Crippen LogP contribution in [0.1, 0.15) is 0 Å². The summed E-state index contributed by atoms with van der Waals surface area (Å²) >= 11 is 0. The average Bonchev–Trinajstić information content (AvgIpc) is 3.04. The van der Waals surface area contributed by atoms with Crippen molar-refractivity contribution in [3.05, 3.63) is 91.4 Å². The number of pyridine rings is 2. The van der Waals surface area contributed by atoms with E-state index >= 15 is 0 Å². The molecule has 2 aromatic carbocycles. The number of fused-ring (bicyclic) bond motifs is 3.